The van der Waals surface area contributed by atoms with E-state index in [1.54, 1.807) is 18.2 Å². The van der Waals surface area contributed by atoms with Gasteiger partial charge in [0.05, 0.1) is 21.5 Å². The number of carbonyl (C=O) groups is 1. The van der Waals surface area contributed by atoms with E-state index >= 15 is 0 Å². The molecule has 2 N–H and O–H groups in total. The van der Waals surface area contributed by atoms with Gasteiger partial charge in [-0.15, -0.1) is 11.3 Å². The van der Waals surface area contributed by atoms with Gasteiger partial charge in [-0.25, -0.2) is 8.42 Å². The molecular formula is C21H24N4O4S2. The molecule has 31 heavy (non-hydrogen) atoms. The second kappa shape index (κ2) is 8.52. The Morgan fingerprint density at radius 2 is 1.94 bits per heavy atom. The molecule has 3 aromatic rings. The van der Waals surface area contributed by atoms with Crippen molar-refractivity contribution in [2.24, 2.45) is 0 Å². The maximum absolute atomic E-state index is 12.6. The van der Waals surface area contributed by atoms with Crippen molar-refractivity contribution in [1.82, 2.24) is 14.9 Å². The zero-order chi connectivity index (χ0) is 22.2. The molecule has 4 rings (SSSR count). The van der Waals surface area contributed by atoms with Gasteiger partial charge in [0.25, 0.3) is 0 Å². The monoisotopic (exact) mass is 460 g/mol. The van der Waals surface area contributed by atoms with Gasteiger partial charge in [-0.1, -0.05) is 29.3 Å². The van der Waals surface area contributed by atoms with Gasteiger partial charge in [0, 0.05) is 10.8 Å². The number of nitrogens with one attached hydrogen (secondary N) is 2. The molecule has 8 nitrogen and oxygen atoms in total. The van der Waals surface area contributed by atoms with Crippen LogP contribution in [-0.4, -0.2) is 30.5 Å². The summed E-state index contributed by atoms with van der Waals surface area (Å²) < 4.78 is 32.9. The molecule has 1 aromatic carbocycles. The minimum Gasteiger partial charge on any atom is -0.339 e. The fourth-order valence-electron chi connectivity index (χ4n) is 3.19. The third-order valence-electron chi connectivity index (χ3n) is 5.35. The lowest BCUT2D eigenvalue weighted by Gasteiger charge is -2.20. The molecule has 1 amide bonds. The molecule has 1 saturated carbocycles. The van der Waals surface area contributed by atoms with E-state index in [-0.39, 0.29) is 4.90 Å². The summed E-state index contributed by atoms with van der Waals surface area (Å²) in [5, 5.41) is 6.86. The predicted molar refractivity (Wildman–Crippen MR) is 119 cm³/mol. The summed E-state index contributed by atoms with van der Waals surface area (Å²) in [7, 11) is -3.80. The van der Waals surface area contributed by atoms with Crippen LogP contribution in [0.3, 0.4) is 0 Å². The number of sulfonamides is 1. The second-order valence-corrected chi connectivity index (χ2v) is 10.8. The van der Waals surface area contributed by atoms with Crippen LogP contribution < -0.4 is 10.0 Å². The lowest BCUT2D eigenvalue weighted by molar-refractivity contribution is -0.117. The highest BCUT2D eigenvalue weighted by Gasteiger charge is 2.27. The Bertz CT molecular complexity index is 1190. The largest absolute Gasteiger partial charge is 0.339 e. The van der Waals surface area contributed by atoms with Crippen molar-refractivity contribution >= 4 is 33.0 Å². The minimum atomic E-state index is -3.80. The predicted octanol–water partition coefficient (Wildman–Crippen LogP) is 3.99. The Hall–Kier alpha value is -2.56. The molecule has 2 heterocycles. The van der Waals surface area contributed by atoms with Crippen molar-refractivity contribution < 1.29 is 17.7 Å². The van der Waals surface area contributed by atoms with Crippen molar-refractivity contribution in [3.05, 3.63) is 46.7 Å². The molecule has 0 aliphatic heterocycles. The van der Waals surface area contributed by atoms with Crippen molar-refractivity contribution in [3.63, 3.8) is 0 Å². The third kappa shape index (κ3) is 4.70. The first-order valence-corrected chi connectivity index (χ1v) is 12.4. The van der Waals surface area contributed by atoms with Crippen LogP contribution in [0.2, 0.25) is 0 Å². The van der Waals surface area contributed by atoms with Crippen LogP contribution in [0.1, 0.15) is 48.4 Å². The van der Waals surface area contributed by atoms with Crippen molar-refractivity contribution in [1.29, 1.82) is 0 Å². The fourth-order valence-corrected chi connectivity index (χ4v) is 5.29. The van der Waals surface area contributed by atoms with Crippen molar-refractivity contribution in [3.8, 4) is 10.7 Å². The molecular weight excluding hydrogens is 436 g/mol. The number of hydrogen-bond acceptors (Lipinski definition) is 7. The van der Waals surface area contributed by atoms with Gasteiger partial charge in [-0.3, -0.25) is 4.79 Å². The first-order chi connectivity index (χ1) is 14.7. The number of rotatable bonds is 7. The van der Waals surface area contributed by atoms with Gasteiger partial charge < -0.3 is 9.84 Å². The van der Waals surface area contributed by atoms with Gasteiger partial charge in [0.1, 0.15) is 0 Å². The van der Waals surface area contributed by atoms with E-state index in [0.717, 1.165) is 28.2 Å². The summed E-state index contributed by atoms with van der Waals surface area (Å²) in [6, 6.07) is 7.28. The highest BCUT2D eigenvalue weighted by molar-refractivity contribution is 7.89. The van der Waals surface area contributed by atoms with Crippen molar-refractivity contribution in [2.75, 3.05) is 5.32 Å². The molecule has 2 aromatic heterocycles. The fraction of sp³-hybridized carbons (Fsp3) is 0.381. The van der Waals surface area contributed by atoms with Crippen LogP contribution in [0.25, 0.3) is 10.7 Å². The molecule has 1 aliphatic rings. The Morgan fingerprint density at radius 3 is 2.58 bits per heavy atom. The zero-order valence-electron chi connectivity index (χ0n) is 17.5. The molecule has 1 fully saturated rings. The van der Waals surface area contributed by atoms with Crippen LogP contribution in [0.4, 0.5) is 5.69 Å². The van der Waals surface area contributed by atoms with Crippen LogP contribution in [-0.2, 0) is 14.8 Å². The van der Waals surface area contributed by atoms with E-state index < -0.39 is 22.0 Å². The third-order valence-corrected chi connectivity index (χ3v) is 7.95. The number of thiophene rings is 1. The number of anilines is 1. The average molecular weight is 461 g/mol. The van der Waals surface area contributed by atoms with E-state index in [4.69, 9.17) is 4.52 Å². The lowest BCUT2D eigenvalue weighted by atomic mass is 9.85. The van der Waals surface area contributed by atoms with Gasteiger partial charge in [-0.2, -0.15) is 9.71 Å². The van der Waals surface area contributed by atoms with E-state index in [0.29, 0.717) is 23.3 Å². The number of benzene rings is 1. The van der Waals surface area contributed by atoms with Crippen LogP contribution in [0.5, 0.6) is 0 Å². The highest BCUT2D eigenvalue weighted by atomic mass is 32.2. The maximum Gasteiger partial charge on any atom is 0.242 e. The summed E-state index contributed by atoms with van der Waals surface area (Å²) in [4.78, 5) is 18.9. The average Bonchev–Trinajstić information content (AvgIpc) is 3.28. The standard InChI is InChI=1S/C21H24N4O4S2/c1-12-7-9-16(10-8-12)31(27,28)25-13(2)20(26)22-17-11-18(30-14(17)3)19-23-21(29-24-19)15-5-4-6-15/h7-11,13,15,25H,4-6H2,1-3H3,(H,22,26)/t13-/m1/s1. The Balaban J connectivity index is 1.43. The van der Waals surface area contributed by atoms with Crippen LogP contribution in [0, 0.1) is 13.8 Å². The summed E-state index contributed by atoms with van der Waals surface area (Å²) in [5.41, 5.74) is 1.55. The number of amides is 1. The topological polar surface area (TPSA) is 114 Å². The number of carbonyl (C=O) groups excluding carboxylic acids is 1. The van der Waals surface area contributed by atoms with E-state index in [1.807, 2.05) is 13.8 Å². The van der Waals surface area contributed by atoms with Crippen LogP contribution in [0.15, 0.2) is 39.8 Å². The SMILES string of the molecule is Cc1ccc(S(=O)(=O)N[C@H](C)C(=O)Nc2cc(-c3noc(C4CCC4)n3)sc2C)cc1. The van der Waals surface area contributed by atoms with Gasteiger partial charge in [0.2, 0.25) is 27.6 Å². The van der Waals surface area contributed by atoms with Gasteiger partial charge in [0.15, 0.2) is 0 Å². The van der Waals surface area contributed by atoms with Gasteiger partial charge >= 0.3 is 0 Å². The zero-order valence-corrected chi connectivity index (χ0v) is 19.1. The van der Waals surface area contributed by atoms with E-state index in [1.165, 1.54) is 36.8 Å². The molecule has 0 saturated heterocycles. The van der Waals surface area contributed by atoms with Gasteiger partial charge in [-0.05, 0) is 51.8 Å². The van der Waals surface area contributed by atoms with Crippen molar-refractivity contribution in [2.45, 2.75) is 56.9 Å². The van der Waals surface area contributed by atoms with E-state index in [9.17, 15) is 13.2 Å². The molecule has 0 bridgehead atoms. The Labute approximate surface area is 185 Å². The summed E-state index contributed by atoms with van der Waals surface area (Å²) >= 11 is 1.44. The number of hydrogen-bond donors (Lipinski definition) is 2. The number of aryl methyl sites for hydroxylation is 2. The van der Waals surface area contributed by atoms with Crippen LogP contribution >= 0.6 is 11.3 Å². The Kier molecular flexibility index (Phi) is 5.96. The molecule has 0 radical (unpaired) electrons. The number of nitrogens with zero attached hydrogens (tertiary/aromatic N) is 2. The number of aromatic nitrogens is 2. The molecule has 164 valence electrons. The second-order valence-electron chi connectivity index (χ2n) is 7.81. The molecule has 0 spiro atoms. The Morgan fingerprint density at radius 1 is 1.23 bits per heavy atom. The van der Waals surface area contributed by atoms with E-state index in [2.05, 4.69) is 20.2 Å². The minimum absolute atomic E-state index is 0.117. The molecule has 1 atom stereocenters. The lowest BCUT2D eigenvalue weighted by Crippen LogP contribution is -2.41. The normalized spacial score (nSPS) is 15.5. The summed E-state index contributed by atoms with van der Waals surface area (Å²) in [5.74, 6) is 1.07. The quantitative estimate of drug-likeness (QED) is 0.551. The molecule has 1 aliphatic carbocycles. The first-order valence-electron chi connectivity index (χ1n) is 10.1. The maximum atomic E-state index is 12.6. The summed E-state index contributed by atoms with van der Waals surface area (Å²) in [6.07, 6.45) is 3.33. The highest BCUT2D eigenvalue weighted by Crippen LogP contribution is 2.38. The smallest absolute Gasteiger partial charge is 0.242 e. The molecule has 0 unspecified atom stereocenters. The molecule has 10 heteroatoms. The summed E-state index contributed by atoms with van der Waals surface area (Å²) in [6.45, 7) is 5.26. The first kappa shape index (κ1) is 21.7.